The monoisotopic (exact) mass is 376 g/mol. The standard InChI is InChI=1S/C21H21FN6/c1-27(2)19(17-9-5-6-11-23-17)14-24-21-13-18(15-7-3-4-8-16(15)22)26-20-10-12-25-28(20)21/h3-13,19,24H,14H2,1-2H3/t19-/m0/s1. The first kappa shape index (κ1) is 18.1. The minimum Gasteiger partial charge on any atom is -0.368 e. The van der Waals surface area contributed by atoms with Crippen molar-refractivity contribution in [3.8, 4) is 11.3 Å². The van der Waals surface area contributed by atoms with Gasteiger partial charge in [-0.2, -0.15) is 9.61 Å². The largest absolute Gasteiger partial charge is 0.368 e. The van der Waals surface area contributed by atoms with Gasteiger partial charge in [-0.1, -0.05) is 18.2 Å². The van der Waals surface area contributed by atoms with Gasteiger partial charge in [-0.25, -0.2) is 9.37 Å². The second-order valence-corrected chi connectivity index (χ2v) is 6.72. The number of pyridine rings is 1. The molecule has 0 unspecified atom stereocenters. The highest BCUT2D eigenvalue weighted by Crippen LogP contribution is 2.25. The lowest BCUT2D eigenvalue weighted by Gasteiger charge is -2.24. The highest BCUT2D eigenvalue weighted by Gasteiger charge is 2.17. The number of hydrogen-bond donors (Lipinski definition) is 1. The Morgan fingerprint density at radius 1 is 1.07 bits per heavy atom. The van der Waals surface area contributed by atoms with Crippen LogP contribution in [0.15, 0.2) is 67.0 Å². The van der Waals surface area contributed by atoms with E-state index in [1.54, 1.807) is 41.2 Å². The number of fused-ring (bicyclic) bond motifs is 1. The molecule has 0 fully saturated rings. The Hall–Kier alpha value is -3.32. The van der Waals surface area contributed by atoms with Crippen molar-refractivity contribution in [3.63, 3.8) is 0 Å². The molecule has 0 spiro atoms. The molecule has 0 saturated heterocycles. The molecule has 142 valence electrons. The minimum atomic E-state index is -0.301. The van der Waals surface area contributed by atoms with E-state index in [4.69, 9.17) is 0 Å². The number of hydrogen-bond acceptors (Lipinski definition) is 5. The van der Waals surface area contributed by atoms with E-state index in [0.29, 0.717) is 23.4 Å². The highest BCUT2D eigenvalue weighted by molar-refractivity contribution is 5.66. The van der Waals surface area contributed by atoms with Gasteiger partial charge in [0.15, 0.2) is 5.65 Å². The molecule has 0 amide bonds. The number of aromatic nitrogens is 4. The number of likely N-dealkylation sites (N-methyl/N-ethyl adjacent to an activating group) is 1. The molecule has 3 heterocycles. The zero-order valence-corrected chi connectivity index (χ0v) is 15.7. The Kier molecular flexibility index (Phi) is 4.99. The summed E-state index contributed by atoms with van der Waals surface area (Å²) < 4.78 is 16.0. The predicted octanol–water partition coefficient (Wildman–Crippen LogP) is 3.65. The number of rotatable bonds is 6. The molecule has 0 aliphatic heterocycles. The molecule has 7 heteroatoms. The number of nitrogens with one attached hydrogen (secondary N) is 1. The average molecular weight is 376 g/mol. The second kappa shape index (κ2) is 7.74. The Balaban J connectivity index is 1.68. The van der Waals surface area contributed by atoms with Gasteiger partial charge in [-0.3, -0.25) is 9.88 Å². The van der Waals surface area contributed by atoms with Crippen molar-refractivity contribution in [2.75, 3.05) is 26.0 Å². The van der Waals surface area contributed by atoms with E-state index in [-0.39, 0.29) is 11.9 Å². The quantitative estimate of drug-likeness (QED) is 0.557. The van der Waals surface area contributed by atoms with Crippen molar-refractivity contribution in [1.29, 1.82) is 0 Å². The van der Waals surface area contributed by atoms with Crippen LogP contribution < -0.4 is 5.32 Å². The van der Waals surface area contributed by atoms with Crippen molar-refractivity contribution >= 4 is 11.5 Å². The molecule has 6 nitrogen and oxygen atoms in total. The lowest BCUT2D eigenvalue weighted by atomic mass is 10.1. The van der Waals surface area contributed by atoms with Crippen molar-refractivity contribution in [1.82, 2.24) is 24.5 Å². The normalized spacial score (nSPS) is 12.4. The lowest BCUT2D eigenvalue weighted by molar-refractivity contribution is 0.305. The molecule has 1 N–H and O–H groups in total. The first-order valence-corrected chi connectivity index (χ1v) is 9.04. The SMILES string of the molecule is CN(C)[C@@H](CNc1cc(-c2ccccc2F)nc2ccnn12)c1ccccn1. The summed E-state index contributed by atoms with van der Waals surface area (Å²) in [7, 11) is 4.03. The molecular formula is C21H21FN6. The maximum absolute atomic E-state index is 14.3. The van der Waals surface area contributed by atoms with Crippen LogP contribution in [0.1, 0.15) is 11.7 Å². The first-order valence-electron chi connectivity index (χ1n) is 9.04. The molecule has 0 aliphatic carbocycles. The second-order valence-electron chi connectivity index (χ2n) is 6.72. The van der Waals surface area contributed by atoms with Gasteiger partial charge < -0.3 is 5.32 Å². The molecule has 0 radical (unpaired) electrons. The number of nitrogens with zero attached hydrogens (tertiary/aromatic N) is 5. The Labute approximate surface area is 162 Å². The van der Waals surface area contributed by atoms with Gasteiger partial charge in [0.2, 0.25) is 0 Å². The summed E-state index contributed by atoms with van der Waals surface area (Å²) in [6.45, 7) is 0.611. The van der Waals surface area contributed by atoms with Crippen LogP contribution in [0.5, 0.6) is 0 Å². The number of anilines is 1. The summed E-state index contributed by atoms with van der Waals surface area (Å²) in [5.41, 5.74) is 2.65. The smallest absolute Gasteiger partial charge is 0.157 e. The zero-order valence-electron chi connectivity index (χ0n) is 15.7. The maximum Gasteiger partial charge on any atom is 0.157 e. The van der Waals surface area contributed by atoms with Gasteiger partial charge in [0.1, 0.15) is 11.6 Å². The van der Waals surface area contributed by atoms with Crippen LogP contribution in [0.3, 0.4) is 0 Å². The number of halogens is 1. The van der Waals surface area contributed by atoms with Gasteiger partial charge >= 0.3 is 0 Å². The van der Waals surface area contributed by atoms with E-state index in [2.05, 4.69) is 25.3 Å². The summed E-state index contributed by atoms with van der Waals surface area (Å²) in [5, 5.41) is 7.78. The van der Waals surface area contributed by atoms with Gasteiger partial charge in [-0.05, 0) is 38.4 Å². The molecule has 28 heavy (non-hydrogen) atoms. The molecule has 3 aromatic heterocycles. The van der Waals surface area contributed by atoms with Crippen LogP contribution in [-0.4, -0.2) is 45.1 Å². The zero-order chi connectivity index (χ0) is 19.5. The van der Waals surface area contributed by atoms with E-state index in [1.807, 2.05) is 38.4 Å². The topological polar surface area (TPSA) is 58.3 Å². The molecule has 4 rings (SSSR count). The van der Waals surface area contributed by atoms with Crippen molar-refractivity contribution < 1.29 is 4.39 Å². The minimum absolute atomic E-state index is 0.0666. The Morgan fingerprint density at radius 2 is 1.89 bits per heavy atom. The lowest BCUT2D eigenvalue weighted by Crippen LogP contribution is -2.28. The van der Waals surface area contributed by atoms with E-state index in [0.717, 1.165) is 11.5 Å². The molecule has 0 saturated carbocycles. The van der Waals surface area contributed by atoms with Crippen LogP contribution in [0.2, 0.25) is 0 Å². The fourth-order valence-corrected chi connectivity index (χ4v) is 3.17. The van der Waals surface area contributed by atoms with Crippen molar-refractivity contribution in [2.24, 2.45) is 0 Å². The third-order valence-electron chi connectivity index (χ3n) is 4.64. The van der Waals surface area contributed by atoms with Gasteiger partial charge in [0, 0.05) is 30.4 Å². The van der Waals surface area contributed by atoms with Gasteiger partial charge in [0.05, 0.1) is 23.6 Å². The maximum atomic E-state index is 14.3. The van der Waals surface area contributed by atoms with E-state index < -0.39 is 0 Å². The van der Waals surface area contributed by atoms with Crippen LogP contribution in [0.25, 0.3) is 16.9 Å². The van der Waals surface area contributed by atoms with E-state index in [9.17, 15) is 4.39 Å². The summed E-state index contributed by atoms with van der Waals surface area (Å²) in [6.07, 6.45) is 3.47. The van der Waals surface area contributed by atoms with Crippen molar-refractivity contribution in [3.05, 3.63) is 78.5 Å². The first-order chi connectivity index (χ1) is 13.6. The molecule has 0 bridgehead atoms. The molecule has 1 atom stereocenters. The van der Waals surface area contributed by atoms with Gasteiger partial charge in [-0.15, -0.1) is 0 Å². The summed E-state index contributed by atoms with van der Waals surface area (Å²) in [5.74, 6) is 0.445. The third-order valence-corrected chi connectivity index (χ3v) is 4.64. The fourth-order valence-electron chi connectivity index (χ4n) is 3.17. The van der Waals surface area contributed by atoms with Gasteiger partial charge in [0.25, 0.3) is 0 Å². The van der Waals surface area contributed by atoms with Crippen molar-refractivity contribution in [2.45, 2.75) is 6.04 Å². The Morgan fingerprint density at radius 3 is 2.64 bits per heavy atom. The third kappa shape index (κ3) is 3.57. The van der Waals surface area contributed by atoms with Crippen LogP contribution >= 0.6 is 0 Å². The fraction of sp³-hybridized carbons (Fsp3) is 0.190. The molecule has 4 aromatic rings. The average Bonchev–Trinajstić information content (AvgIpc) is 3.18. The Bertz CT molecular complexity index is 1080. The van der Waals surface area contributed by atoms with E-state index in [1.165, 1.54) is 6.07 Å². The highest BCUT2D eigenvalue weighted by atomic mass is 19.1. The van der Waals surface area contributed by atoms with E-state index >= 15 is 0 Å². The predicted molar refractivity (Wildman–Crippen MR) is 108 cm³/mol. The molecule has 1 aromatic carbocycles. The molecule has 0 aliphatic rings. The molecular weight excluding hydrogens is 355 g/mol. The van der Waals surface area contributed by atoms with Crippen LogP contribution in [0, 0.1) is 5.82 Å². The summed E-state index contributed by atoms with van der Waals surface area (Å²) in [4.78, 5) is 11.1. The van der Waals surface area contributed by atoms with Crippen LogP contribution in [0.4, 0.5) is 10.2 Å². The summed E-state index contributed by atoms with van der Waals surface area (Å²) in [6, 6.07) is 16.2. The summed E-state index contributed by atoms with van der Waals surface area (Å²) >= 11 is 0. The van der Waals surface area contributed by atoms with Crippen LogP contribution in [-0.2, 0) is 0 Å². The number of benzene rings is 1.